The second-order valence-corrected chi connectivity index (χ2v) is 11.3. The molecule has 2 bridgehead atoms. The standard InChI is InChI=1S/C32H29ClF4N4O3/c1-18-6-2-5-9-26(25-16-19(12-14-38-25)21-7-3-4-8-23(21)39-30(18)43)41-15-13-20(17-27(41)42)28-24(11-10-22(33)29(28)34)40-31(44)32(35,36)37/h3-4,7-8,10-12,14,16-18,26H,2,5-6,9,13,15H2,1H3,(H,39,43)(H,40,44)/t18-,26+/m1/s1. The quantitative estimate of drug-likeness (QED) is 0.293. The molecule has 2 aromatic carbocycles. The van der Waals surface area contributed by atoms with Gasteiger partial charge in [-0.05, 0) is 60.7 Å². The van der Waals surface area contributed by atoms with Crippen molar-refractivity contribution in [1.82, 2.24) is 9.88 Å². The van der Waals surface area contributed by atoms with Crippen molar-refractivity contribution in [3.63, 3.8) is 0 Å². The summed E-state index contributed by atoms with van der Waals surface area (Å²) < 4.78 is 54.1. The highest BCUT2D eigenvalue weighted by Crippen LogP contribution is 2.39. The molecular weight excluding hydrogens is 600 g/mol. The van der Waals surface area contributed by atoms with E-state index in [9.17, 15) is 27.6 Å². The lowest BCUT2D eigenvalue weighted by Crippen LogP contribution is -2.38. The average molecular weight is 629 g/mol. The number of hydrogen-bond acceptors (Lipinski definition) is 4. The van der Waals surface area contributed by atoms with Crippen molar-refractivity contribution in [3.05, 3.63) is 82.9 Å². The second kappa shape index (κ2) is 12.8. The maximum Gasteiger partial charge on any atom is 0.471 e. The minimum atomic E-state index is -5.20. The van der Waals surface area contributed by atoms with E-state index in [0.29, 0.717) is 30.6 Å². The number of alkyl halides is 3. The molecule has 0 aliphatic carbocycles. The summed E-state index contributed by atoms with van der Waals surface area (Å²) in [5.74, 6) is -4.10. The van der Waals surface area contributed by atoms with Crippen LogP contribution >= 0.6 is 11.6 Å². The van der Waals surface area contributed by atoms with E-state index < -0.39 is 35.5 Å². The molecule has 230 valence electrons. The summed E-state index contributed by atoms with van der Waals surface area (Å²) in [6.45, 7) is 1.99. The highest BCUT2D eigenvalue weighted by Gasteiger charge is 2.39. The predicted molar refractivity (Wildman–Crippen MR) is 159 cm³/mol. The fraction of sp³-hybridized carbons (Fsp3) is 0.312. The van der Waals surface area contributed by atoms with Gasteiger partial charge < -0.3 is 15.5 Å². The summed E-state index contributed by atoms with van der Waals surface area (Å²) in [5.41, 5.74) is 2.21. The SMILES string of the molecule is C[C@@H]1CCCC[C@H](N2CCC(c3c(NC(=O)C(F)(F)F)ccc(Cl)c3F)=CC2=O)c2cc(ccn2)-c2ccccc2NC1=O. The molecule has 12 heteroatoms. The number of benzene rings is 2. The van der Waals surface area contributed by atoms with E-state index in [1.54, 1.807) is 16.4 Å². The van der Waals surface area contributed by atoms with Gasteiger partial charge in [-0.2, -0.15) is 13.2 Å². The van der Waals surface area contributed by atoms with Crippen LogP contribution < -0.4 is 10.6 Å². The molecule has 2 atom stereocenters. The molecule has 1 aromatic heterocycles. The molecule has 2 aliphatic rings. The number of pyridine rings is 1. The lowest BCUT2D eigenvalue weighted by Gasteiger charge is -2.34. The number of anilines is 2. The molecule has 2 aliphatic heterocycles. The third-order valence-electron chi connectivity index (χ3n) is 7.93. The van der Waals surface area contributed by atoms with Crippen molar-refractivity contribution in [3.8, 4) is 11.1 Å². The van der Waals surface area contributed by atoms with Gasteiger partial charge >= 0.3 is 12.1 Å². The average Bonchev–Trinajstić information content (AvgIpc) is 2.99. The Bertz CT molecular complexity index is 1640. The van der Waals surface area contributed by atoms with Crippen molar-refractivity contribution >= 4 is 46.3 Å². The Labute approximate surface area is 256 Å². The first kappa shape index (κ1) is 31.2. The third-order valence-corrected chi connectivity index (χ3v) is 8.22. The van der Waals surface area contributed by atoms with Crippen LogP contribution in [0.4, 0.5) is 28.9 Å². The normalized spacial score (nSPS) is 19.5. The summed E-state index contributed by atoms with van der Waals surface area (Å²) in [6, 6.07) is 12.8. The Hall–Kier alpha value is -4.25. The van der Waals surface area contributed by atoms with E-state index in [0.717, 1.165) is 29.7 Å². The number of rotatable bonds is 3. The Kier molecular flexibility index (Phi) is 9.05. The van der Waals surface area contributed by atoms with Crippen LogP contribution in [0, 0.1) is 11.7 Å². The minimum Gasteiger partial charge on any atom is -0.330 e. The summed E-state index contributed by atoms with van der Waals surface area (Å²) in [5, 5.41) is 4.37. The summed E-state index contributed by atoms with van der Waals surface area (Å²) >= 11 is 5.94. The van der Waals surface area contributed by atoms with Crippen LogP contribution in [-0.4, -0.2) is 40.3 Å². The Morgan fingerprint density at radius 2 is 1.84 bits per heavy atom. The second-order valence-electron chi connectivity index (χ2n) is 10.9. The van der Waals surface area contributed by atoms with Crippen LogP contribution in [0.3, 0.4) is 0 Å². The number of nitrogens with one attached hydrogen (secondary N) is 2. The van der Waals surface area contributed by atoms with Crippen molar-refractivity contribution in [2.75, 3.05) is 17.2 Å². The van der Waals surface area contributed by atoms with Gasteiger partial charge in [0.25, 0.3) is 0 Å². The molecule has 0 unspecified atom stereocenters. The van der Waals surface area contributed by atoms with E-state index in [-0.39, 0.29) is 40.9 Å². The molecule has 0 radical (unpaired) electrons. The van der Waals surface area contributed by atoms with E-state index in [1.165, 1.54) is 6.08 Å². The van der Waals surface area contributed by atoms with Crippen LogP contribution in [-0.2, 0) is 14.4 Å². The van der Waals surface area contributed by atoms with E-state index in [4.69, 9.17) is 11.6 Å². The molecule has 3 heterocycles. The molecular formula is C32H29ClF4N4O3. The molecule has 3 aromatic rings. The first-order chi connectivity index (χ1) is 20.9. The third kappa shape index (κ3) is 6.62. The molecule has 0 saturated carbocycles. The van der Waals surface area contributed by atoms with Crippen LogP contribution in [0.1, 0.15) is 56.3 Å². The molecule has 5 rings (SSSR count). The van der Waals surface area contributed by atoms with Crippen molar-refractivity contribution in [2.45, 2.75) is 51.2 Å². The Morgan fingerprint density at radius 1 is 1.09 bits per heavy atom. The van der Waals surface area contributed by atoms with Gasteiger partial charge in [0.2, 0.25) is 11.8 Å². The first-order valence-corrected chi connectivity index (χ1v) is 14.6. The van der Waals surface area contributed by atoms with Crippen molar-refractivity contribution in [2.24, 2.45) is 5.92 Å². The number of carbonyl (C=O) groups excluding carboxylic acids is 3. The number of aromatic nitrogens is 1. The van der Waals surface area contributed by atoms with Crippen molar-refractivity contribution < 1.29 is 31.9 Å². The Morgan fingerprint density at radius 3 is 2.59 bits per heavy atom. The van der Waals surface area contributed by atoms with Crippen LogP contribution in [0.15, 0.2) is 60.8 Å². The van der Waals surface area contributed by atoms with Crippen LogP contribution in [0.5, 0.6) is 0 Å². The zero-order chi connectivity index (χ0) is 31.6. The minimum absolute atomic E-state index is 0.0783. The van der Waals surface area contributed by atoms with Crippen molar-refractivity contribution in [1.29, 1.82) is 0 Å². The number of para-hydroxylation sites is 1. The molecule has 2 N–H and O–H groups in total. The molecule has 44 heavy (non-hydrogen) atoms. The van der Waals surface area contributed by atoms with Gasteiger partial charge in [-0.1, -0.05) is 49.6 Å². The van der Waals surface area contributed by atoms with Gasteiger partial charge in [-0.25, -0.2) is 4.39 Å². The highest BCUT2D eigenvalue weighted by molar-refractivity contribution is 6.31. The van der Waals surface area contributed by atoms with Gasteiger partial charge in [0.15, 0.2) is 5.82 Å². The molecule has 0 saturated heterocycles. The molecule has 0 fully saturated rings. The highest BCUT2D eigenvalue weighted by atomic mass is 35.5. The van der Waals surface area contributed by atoms with Gasteiger partial charge in [-0.3, -0.25) is 19.4 Å². The van der Waals surface area contributed by atoms with Gasteiger partial charge in [0.05, 0.1) is 22.4 Å². The Balaban J connectivity index is 1.50. The number of hydrogen-bond donors (Lipinski definition) is 2. The number of halogens is 5. The lowest BCUT2D eigenvalue weighted by atomic mass is 9.93. The van der Waals surface area contributed by atoms with E-state index >= 15 is 4.39 Å². The molecule has 7 nitrogen and oxygen atoms in total. The van der Waals surface area contributed by atoms with E-state index in [2.05, 4.69) is 10.3 Å². The van der Waals surface area contributed by atoms with Crippen LogP contribution in [0.2, 0.25) is 5.02 Å². The zero-order valence-corrected chi connectivity index (χ0v) is 24.4. The summed E-state index contributed by atoms with van der Waals surface area (Å²) in [6.07, 6.45) is 0.314. The fourth-order valence-corrected chi connectivity index (χ4v) is 5.76. The van der Waals surface area contributed by atoms with Gasteiger partial charge in [0.1, 0.15) is 0 Å². The predicted octanol–water partition coefficient (Wildman–Crippen LogP) is 7.55. The molecule has 0 spiro atoms. The maximum atomic E-state index is 15.2. The number of amides is 3. The van der Waals surface area contributed by atoms with Gasteiger partial charge in [-0.15, -0.1) is 0 Å². The van der Waals surface area contributed by atoms with E-state index in [1.807, 2.05) is 43.3 Å². The zero-order valence-electron chi connectivity index (χ0n) is 23.7. The topological polar surface area (TPSA) is 91.4 Å². The summed E-state index contributed by atoms with van der Waals surface area (Å²) in [4.78, 5) is 44.4. The summed E-state index contributed by atoms with van der Waals surface area (Å²) in [7, 11) is 0. The monoisotopic (exact) mass is 628 g/mol. The van der Waals surface area contributed by atoms with Gasteiger partial charge in [0, 0.05) is 41.5 Å². The van der Waals surface area contributed by atoms with Crippen LogP contribution in [0.25, 0.3) is 16.7 Å². The number of carbonyl (C=O) groups is 3. The molecule has 3 amide bonds. The largest absolute Gasteiger partial charge is 0.471 e. The number of nitrogens with zero attached hydrogens (tertiary/aromatic N) is 2. The maximum absolute atomic E-state index is 15.2. The lowest BCUT2D eigenvalue weighted by molar-refractivity contribution is -0.167. The smallest absolute Gasteiger partial charge is 0.330 e. The first-order valence-electron chi connectivity index (χ1n) is 14.2. The number of fused-ring (bicyclic) bond motifs is 4. The fourth-order valence-electron chi connectivity index (χ4n) is 5.60.